The Kier molecular flexibility index (Phi) is 10.2. The molecule has 53 heavy (non-hydrogen) atoms. The Bertz CT molecular complexity index is 1960. The number of benzene rings is 1. The summed E-state index contributed by atoms with van der Waals surface area (Å²) in [4.78, 5) is 40.3. The predicted octanol–water partition coefficient (Wildman–Crippen LogP) is 5.63. The van der Waals surface area contributed by atoms with Gasteiger partial charge in [-0.1, -0.05) is 0 Å². The third kappa shape index (κ3) is 7.75. The minimum atomic E-state index is -2.66. The summed E-state index contributed by atoms with van der Waals surface area (Å²) in [5, 5.41) is 12.3. The molecule has 6 heterocycles. The summed E-state index contributed by atoms with van der Waals surface area (Å²) >= 11 is 0. The molecule has 2 amide bonds. The van der Waals surface area contributed by atoms with Gasteiger partial charge in [-0.25, -0.2) is 28.3 Å². The number of hydrogen-bond donors (Lipinski definition) is 1. The van der Waals surface area contributed by atoms with Gasteiger partial charge in [-0.05, 0) is 69.7 Å². The van der Waals surface area contributed by atoms with E-state index < -0.39 is 18.0 Å². The molecule has 13 nitrogen and oxygen atoms in total. The number of urea groups is 1. The SMILES string of the molecule is CNC(=O)N1CCc2c(c(N3CCCc4cc(-c5cnn(C)c5)c(C(F)F)cc43)nn2C2CCN(CCc3ncc(C(=O)OC(C)(C)C)cn3)CC2)C1. The fraction of sp³-hybridized carbons (Fsp3) is 0.526. The first-order valence-electron chi connectivity index (χ1n) is 18.4. The number of anilines is 2. The Morgan fingerprint density at radius 2 is 1.79 bits per heavy atom. The van der Waals surface area contributed by atoms with E-state index >= 15 is 0 Å². The molecule has 3 aromatic heterocycles. The number of carbonyl (C=O) groups is 2. The van der Waals surface area contributed by atoms with Crippen molar-refractivity contribution in [2.24, 2.45) is 7.05 Å². The van der Waals surface area contributed by atoms with Crippen molar-refractivity contribution in [3.8, 4) is 11.1 Å². The lowest BCUT2D eigenvalue weighted by Gasteiger charge is -2.34. The van der Waals surface area contributed by atoms with E-state index in [0.717, 1.165) is 73.6 Å². The van der Waals surface area contributed by atoms with E-state index in [1.165, 1.54) is 12.4 Å². The van der Waals surface area contributed by atoms with E-state index in [1.807, 2.05) is 26.8 Å². The third-order valence-electron chi connectivity index (χ3n) is 10.3. The highest BCUT2D eigenvalue weighted by atomic mass is 19.3. The standard InChI is InChI=1S/C38H48F2N10O3/c1-38(2,3)53-36(51)25-19-42-33(43-20-25)11-15-47-13-8-27(9-14-47)50-31-10-16-48(37(52)41-4)23-30(31)35(45-50)49-12-6-7-24-17-28(26-21-44-46(5)22-26)29(34(39)40)18-32(24)49/h17-22,27,34H,6-16,23H2,1-5H3,(H,41,52). The molecule has 282 valence electrons. The summed E-state index contributed by atoms with van der Waals surface area (Å²) in [5.41, 5.74) is 4.74. The van der Waals surface area contributed by atoms with Crippen LogP contribution in [0.2, 0.25) is 0 Å². The molecule has 0 spiro atoms. The maximum absolute atomic E-state index is 14.7. The quantitative estimate of drug-likeness (QED) is 0.230. The summed E-state index contributed by atoms with van der Waals surface area (Å²) in [6.45, 7) is 9.62. The molecule has 0 aliphatic carbocycles. The van der Waals surface area contributed by atoms with Crippen LogP contribution in [0.4, 0.5) is 25.1 Å². The van der Waals surface area contributed by atoms with Crippen LogP contribution >= 0.6 is 0 Å². The summed E-state index contributed by atoms with van der Waals surface area (Å²) < 4.78 is 38.5. The Hall–Kier alpha value is -4.92. The number of halogens is 2. The average Bonchev–Trinajstić information content (AvgIpc) is 3.76. The van der Waals surface area contributed by atoms with Gasteiger partial charge in [0.15, 0.2) is 5.82 Å². The van der Waals surface area contributed by atoms with Gasteiger partial charge in [0, 0.05) is 106 Å². The number of alkyl halides is 2. The van der Waals surface area contributed by atoms with Gasteiger partial charge < -0.3 is 24.8 Å². The molecule has 1 fully saturated rings. The molecule has 4 aromatic rings. The van der Waals surface area contributed by atoms with Crippen LogP contribution in [0.25, 0.3) is 11.1 Å². The van der Waals surface area contributed by atoms with Crippen molar-refractivity contribution in [1.29, 1.82) is 0 Å². The van der Waals surface area contributed by atoms with Crippen LogP contribution in [0.3, 0.4) is 0 Å². The van der Waals surface area contributed by atoms with Crippen LogP contribution in [-0.2, 0) is 37.6 Å². The van der Waals surface area contributed by atoms with Crippen LogP contribution in [0.15, 0.2) is 36.9 Å². The number of rotatable bonds is 8. The molecule has 0 saturated carbocycles. The Morgan fingerprint density at radius 3 is 2.45 bits per heavy atom. The third-order valence-corrected chi connectivity index (χ3v) is 10.3. The molecule has 3 aliphatic heterocycles. The van der Waals surface area contributed by atoms with Crippen LogP contribution < -0.4 is 10.2 Å². The molecule has 1 saturated heterocycles. The van der Waals surface area contributed by atoms with Crippen molar-refractivity contribution in [3.63, 3.8) is 0 Å². The summed E-state index contributed by atoms with van der Waals surface area (Å²) in [5.74, 6) is 0.988. The van der Waals surface area contributed by atoms with Gasteiger partial charge in [-0.15, -0.1) is 0 Å². The second-order valence-electron chi connectivity index (χ2n) is 15.2. The van der Waals surface area contributed by atoms with Gasteiger partial charge in [-0.2, -0.15) is 10.2 Å². The van der Waals surface area contributed by atoms with Crippen LogP contribution in [-0.4, -0.2) is 96.7 Å². The van der Waals surface area contributed by atoms with Gasteiger partial charge in [0.2, 0.25) is 0 Å². The summed E-state index contributed by atoms with van der Waals surface area (Å²) in [6, 6.07) is 3.56. The van der Waals surface area contributed by atoms with E-state index in [0.29, 0.717) is 55.0 Å². The number of aryl methyl sites for hydroxylation is 2. The lowest BCUT2D eigenvalue weighted by atomic mass is 9.92. The zero-order valence-electron chi connectivity index (χ0n) is 31.1. The molecular formula is C38H48F2N10O3. The number of nitrogens with one attached hydrogen (secondary N) is 1. The van der Waals surface area contributed by atoms with Crippen molar-refractivity contribution in [2.75, 3.05) is 44.7 Å². The van der Waals surface area contributed by atoms with E-state index in [2.05, 4.69) is 34.9 Å². The number of ether oxygens (including phenoxy) is 1. The number of likely N-dealkylation sites (tertiary alicyclic amines) is 1. The summed E-state index contributed by atoms with van der Waals surface area (Å²) in [7, 11) is 3.41. The van der Waals surface area contributed by atoms with Crippen LogP contribution in [0.1, 0.15) is 91.1 Å². The Labute approximate surface area is 308 Å². The molecule has 0 radical (unpaired) electrons. The Balaban J connectivity index is 1.11. The number of aromatic nitrogens is 6. The highest BCUT2D eigenvalue weighted by Gasteiger charge is 2.35. The van der Waals surface area contributed by atoms with E-state index in [4.69, 9.17) is 9.84 Å². The van der Waals surface area contributed by atoms with Crippen molar-refractivity contribution in [3.05, 3.63) is 70.7 Å². The lowest BCUT2D eigenvalue weighted by Crippen LogP contribution is -2.42. The van der Waals surface area contributed by atoms with Gasteiger partial charge in [0.1, 0.15) is 11.4 Å². The van der Waals surface area contributed by atoms with Crippen molar-refractivity contribution in [1.82, 2.24) is 44.6 Å². The molecule has 3 aliphatic rings. The first kappa shape index (κ1) is 36.4. The highest BCUT2D eigenvalue weighted by molar-refractivity contribution is 5.89. The molecule has 15 heteroatoms. The number of amides is 2. The molecule has 0 bridgehead atoms. The number of nitrogens with zero attached hydrogens (tertiary/aromatic N) is 9. The highest BCUT2D eigenvalue weighted by Crippen LogP contribution is 2.43. The second kappa shape index (κ2) is 14.8. The minimum absolute atomic E-state index is 0.0271. The van der Waals surface area contributed by atoms with Gasteiger partial charge in [0.05, 0.1) is 24.3 Å². The number of hydrogen-bond acceptors (Lipinski definition) is 9. The molecule has 7 rings (SSSR count). The molecule has 0 atom stereocenters. The first-order chi connectivity index (χ1) is 25.4. The van der Waals surface area contributed by atoms with E-state index in [9.17, 15) is 18.4 Å². The smallest absolute Gasteiger partial charge is 0.341 e. The molecular weight excluding hydrogens is 682 g/mol. The number of carbonyl (C=O) groups excluding carboxylic acids is 2. The zero-order chi connectivity index (χ0) is 37.4. The van der Waals surface area contributed by atoms with Crippen LogP contribution in [0, 0.1) is 0 Å². The van der Waals surface area contributed by atoms with E-state index in [-0.39, 0.29) is 17.6 Å². The fourth-order valence-corrected chi connectivity index (χ4v) is 7.71. The van der Waals surface area contributed by atoms with Crippen LogP contribution in [0.5, 0.6) is 0 Å². The first-order valence-corrected chi connectivity index (χ1v) is 18.4. The predicted molar refractivity (Wildman–Crippen MR) is 195 cm³/mol. The van der Waals surface area contributed by atoms with E-state index in [1.54, 1.807) is 42.1 Å². The molecule has 1 aromatic carbocycles. The number of esters is 1. The number of piperidine rings is 1. The summed E-state index contributed by atoms with van der Waals surface area (Å²) in [6.07, 6.45) is 8.52. The largest absolute Gasteiger partial charge is 0.456 e. The van der Waals surface area contributed by atoms with Crippen molar-refractivity contribution >= 4 is 23.5 Å². The average molecular weight is 731 g/mol. The maximum Gasteiger partial charge on any atom is 0.341 e. The number of fused-ring (bicyclic) bond motifs is 2. The maximum atomic E-state index is 14.7. The topological polar surface area (TPSA) is 127 Å². The minimum Gasteiger partial charge on any atom is -0.456 e. The van der Waals surface area contributed by atoms with Gasteiger partial charge in [-0.3, -0.25) is 9.36 Å². The van der Waals surface area contributed by atoms with Gasteiger partial charge in [0.25, 0.3) is 6.43 Å². The normalized spacial score (nSPS) is 16.8. The zero-order valence-corrected chi connectivity index (χ0v) is 31.1. The molecule has 0 unspecified atom stereocenters. The van der Waals surface area contributed by atoms with Gasteiger partial charge >= 0.3 is 12.0 Å². The van der Waals surface area contributed by atoms with Crippen molar-refractivity contribution < 1.29 is 23.1 Å². The molecule has 1 N–H and O–H groups in total. The lowest BCUT2D eigenvalue weighted by molar-refractivity contribution is 0.00684. The monoisotopic (exact) mass is 730 g/mol. The fourth-order valence-electron chi connectivity index (χ4n) is 7.71. The second-order valence-corrected chi connectivity index (χ2v) is 15.2. The Morgan fingerprint density at radius 1 is 1.04 bits per heavy atom. The van der Waals surface area contributed by atoms with Crippen molar-refractivity contribution in [2.45, 2.75) is 83.9 Å².